The van der Waals surface area contributed by atoms with Gasteiger partial charge in [-0.25, -0.2) is 0 Å². The minimum Gasteiger partial charge on any atom is -0.494 e. The molecule has 2 rings (SSSR count). The van der Waals surface area contributed by atoms with Gasteiger partial charge < -0.3 is 14.8 Å². The van der Waals surface area contributed by atoms with Crippen LogP contribution in [0.2, 0.25) is 0 Å². The normalized spacial score (nSPS) is 15.3. The first kappa shape index (κ1) is 18.1. The first-order valence-corrected chi connectivity index (χ1v) is 9.19. The number of morpholine rings is 1. The molecule has 1 heterocycles. The lowest BCUT2D eigenvalue weighted by Gasteiger charge is -2.26. The molecule has 0 radical (unpaired) electrons. The van der Waals surface area contributed by atoms with Crippen molar-refractivity contribution in [3.63, 3.8) is 0 Å². The van der Waals surface area contributed by atoms with Gasteiger partial charge in [0.1, 0.15) is 5.75 Å². The minimum atomic E-state index is 0.0888. The molecule has 0 atom stereocenters. The molecule has 0 unspecified atom stereocenters. The largest absolute Gasteiger partial charge is 0.494 e. The van der Waals surface area contributed by atoms with Crippen molar-refractivity contribution in [3.05, 3.63) is 24.3 Å². The van der Waals surface area contributed by atoms with Crippen molar-refractivity contribution in [3.8, 4) is 5.75 Å². The summed E-state index contributed by atoms with van der Waals surface area (Å²) in [5, 5.41) is 2.98. The molecule has 23 heavy (non-hydrogen) atoms. The zero-order valence-electron chi connectivity index (χ0n) is 13.8. The Hall–Kier alpha value is -1.24. The van der Waals surface area contributed by atoms with Gasteiger partial charge in [-0.3, -0.25) is 9.69 Å². The fourth-order valence-electron chi connectivity index (χ4n) is 2.35. The van der Waals surface area contributed by atoms with Crippen LogP contribution in [0.4, 0.5) is 0 Å². The third-order valence-electron chi connectivity index (χ3n) is 3.58. The first-order valence-electron chi connectivity index (χ1n) is 8.20. The monoisotopic (exact) mass is 338 g/mol. The molecule has 1 aliphatic rings. The maximum absolute atomic E-state index is 11.8. The van der Waals surface area contributed by atoms with Crippen LogP contribution in [0.3, 0.4) is 0 Å². The Kier molecular flexibility index (Phi) is 8.28. The number of nitrogens with one attached hydrogen (secondary N) is 1. The number of benzene rings is 1. The first-order chi connectivity index (χ1) is 11.3. The van der Waals surface area contributed by atoms with Crippen molar-refractivity contribution >= 4 is 17.7 Å². The number of amides is 1. The average molecular weight is 338 g/mol. The van der Waals surface area contributed by atoms with Crippen molar-refractivity contribution in [1.29, 1.82) is 0 Å². The van der Waals surface area contributed by atoms with Crippen LogP contribution in [0, 0.1) is 0 Å². The van der Waals surface area contributed by atoms with Crippen molar-refractivity contribution in [1.82, 2.24) is 10.2 Å². The number of nitrogens with zero attached hydrogens (tertiary/aromatic N) is 1. The van der Waals surface area contributed by atoms with Gasteiger partial charge in [-0.2, -0.15) is 0 Å². The van der Waals surface area contributed by atoms with Gasteiger partial charge in [0.05, 0.1) is 25.6 Å². The molecular weight excluding hydrogens is 312 g/mol. The van der Waals surface area contributed by atoms with Crippen LogP contribution in [-0.2, 0) is 9.53 Å². The minimum absolute atomic E-state index is 0.0888. The lowest BCUT2D eigenvalue weighted by atomic mass is 10.3. The van der Waals surface area contributed by atoms with E-state index in [0.717, 1.165) is 56.5 Å². The molecule has 1 aromatic carbocycles. The van der Waals surface area contributed by atoms with E-state index in [9.17, 15) is 4.79 Å². The van der Waals surface area contributed by atoms with Gasteiger partial charge in [-0.15, -0.1) is 11.8 Å². The summed E-state index contributed by atoms with van der Waals surface area (Å²) in [6.07, 6.45) is 0.986. The van der Waals surface area contributed by atoms with Gasteiger partial charge in [0.25, 0.3) is 0 Å². The average Bonchev–Trinajstić information content (AvgIpc) is 2.59. The van der Waals surface area contributed by atoms with Crippen LogP contribution in [-0.4, -0.2) is 62.6 Å². The van der Waals surface area contributed by atoms with Gasteiger partial charge in [0.15, 0.2) is 0 Å². The van der Waals surface area contributed by atoms with E-state index in [1.54, 1.807) is 11.8 Å². The summed E-state index contributed by atoms with van der Waals surface area (Å²) in [5.74, 6) is 1.40. The van der Waals surface area contributed by atoms with E-state index in [0.29, 0.717) is 12.4 Å². The number of hydrogen-bond donors (Lipinski definition) is 1. The highest BCUT2D eigenvalue weighted by atomic mass is 32.2. The fraction of sp³-hybridized carbons (Fsp3) is 0.588. The predicted octanol–water partition coefficient (Wildman–Crippen LogP) is 2.02. The molecule has 1 aromatic rings. The molecule has 6 heteroatoms. The molecule has 1 N–H and O–H groups in total. The summed E-state index contributed by atoms with van der Waals surface area (Å²) in [6.45, 7) is 8.04. The van der Waals surface area contributed by atoms with E-state index in [1.165, 1.54) is 0 Å². The molecule has 0 aliphatic carbocycles. The smallest absolute Gasteiger partial charge is 0.230 e. The van der Waals surface area contributed by atoms with Crippen molar-refractivity contribution in [2.24, 2.45) is 0 Å². The Bertz CT molecular complexity index is 461. The molecule has 0 spiro atoms. The Morgan fingerprint density at radius 2 is 2.04 bits per heavy atom. The van der Waals surface area contributed by atoms with Crippen LogP contribution >= 0.6 is 11.8 Å². The topological polar surface area (TPSA) is 50.8 Å². The van der Waals surface area contributed by atoms with Gasteiger partial charge in [-0.1, -0.05) is 0 Å². The Morgan fingerprint density at radius 3 is 2.74 bits per heavy atom. The number of ether oxygens (including phenoxy) is 2. The molecule has 1 amide bonds. The van der Waals surface area contributed by atoms with Gasteiger partial charge in [-0.05, 0) is 44.2 Å². The SMILES string of the molecule is CCOc1ccc(SCC(=O)NCCCN2CCOCC2)cc1. The lowest BCUT2D eigenvalue weighted by Crippen LogP contribution is -2.38. The quantitative estimate of drug-likeness (QED) is 0.551. The number of carbonyl (C=O) groups is 1. The maximum Gasteiger partial charge on any atom is 0.230 e. The maximum atomic E-state index is 11.8. The number of rotatable bonds is 9. The second-order valence-electron chi connectivity index (χ2n) is 5.35. The molecule has 0 bridgehead atoms. The van der Waals surface area contributed by atoms with E-state index in [1.807, 2.05) is 31.2 Å². The van der Waals surface area contributed by atoms with E-state index >= 15 is 0 Å². The van der Waals surface area contributed by atoms with Crippen LogP contribution < -0.4 is 10.1 Å². The van der Waals surface area contributed by atoms with E-state index in [2.05, 4.69) is 10.2 Å². The van der Waals surface area contributed by atoms with Crippen LogP contribution in [0.5, 0.6) is 5.75 Å². The van der Waals surface area contributed by atoms with Crippen molar-refractivity contribution in [2.75, 3.05) is 51.8 Å². The summed E-state index contributed by atoms with van der Waals surface area (Å²) in [7, 11) is 0. The molecule has 1 saturated heterocycles. The van der Waals surface area contributed by atoms with Crippen LogP contribution in [0.15, 0.2) is 29.2 Å². The summed E-state index contributed by atoms with van der Waals surface area (Å²) in [6, 6.07) is 7.85. The number of carbonyl (C=O) groups excluding carboxylic acids is 1. The Labute approximate surface area is 142 Å². The number of hydrogen-bond acceptors (Lipinski definition) is 5. The molecule has 0 aromatic heterocycles. The summed E-state index contributed by atoms with van der Waals surface area (Å²) in [4.78, 5) is 15.3. The fourth-order valence-corrected chi connectivity index (χ4v) is 3.08. The second-order valence-corrected chi connectivity index (χ2v) is 6.40. The van der Waals surface area contributed by atoms with Crippen molar-refractivity contribution in [2.45, 2.75) is 18.2 Å². The molecule has 128 valence electrons. The van der Waals surface area contributed by atoms with E-state index in [-0.39, 0.29) is 5.91 Å². The summed E-state index contributed by atoms with van der Waals surface area (Å²) >= 11 is 1.55. The zero-order valence-corrected chi connectivity index (χ0v) is 14.6. The Morgan fingerprint density at radius 1 is 1.30 bits per heavy atom. The second kappa shape index (κ2) is 10.5. The third kappa shape index (κ3) is 7.24. The molecule has 5 nitrogen and oxygen atoms in total. The standard InChI is InChI=1S/C17H26N2O3S/c1-2-22-15-4-6-16(7-5-15)23-14-17(20)18-8-3-9-19-10-12-21-13-11-19/h4-7H,2-3,8-14H2,1H3,(H,18,20). The van der Waals surface area contributed by atoms with E-state index < -0.39 is 0 Å². The highest BCUT2D eigenvalue weighted by Gasteiger charge is 2.09. The summed E-state index contributed by atoms with van der Waals surface area (Å²) in [5.41, 5.74) is 0. The van der Waals surface area contributed by atoms with Crippen molar-refractivity contribution < 1.29 is 14.3 Å². The van der Waals surface area contributed by atoms with Crippen LogP contribution in [0.25, 0.3) is 0 Å². The van der Waals surface area contributed by atoms with Gasteiger partial charge >= 0.3 is 0 Å². The third-order valence-corrected chi connectivity index (χ3v) is 4.59. The van der Waals surface area contributed by atoms with E-state index in [4.69, 9.17) is 9.47 Å². The zero-order chi connectivity index (χ0) is 16.3. The lowest BCUT2D eigenvalue weighted by molar-refractivity contribution is -0.118. The predicted molar refractivity (Wildman–Crippen MR) is 93.2 cm³/mol. The highest BCUT2D eigenvalue weighted by Crippen LogP contribution is 2.21. The Balaban J connectivity index is 1.55. The molecule has 0 saturated carbocycles. The van der Waals surface area contributed by atoms with Crippen LogP contribution in [0.1, 0.15) is 13.3 Å². The molecule has 1 fully saturated rings. The van der Waals surface area contributed by atoms with Gasteiger partial charge in [0, 0.05) is 24.5 Å². The molecule has 1 aliphatic heterocycles. The highest BCUT2D eigenvalue weighted by molar-refractivity contribution is 8.00. The molecular formula is C17H26N2O3S. The number of thioether (sulfide) groups is 1. The summed E-state index contributed by atoms with van der Waals surface area (Å²) < 4.78 is 10.7. The van der Waals surface area contributed by atoms with Gasteiger partial charge in [0.2, 0.25) is 5.91 Å².